The van der Waals surface area contributed by atoms with Crippen molar-refractivity contribution in [2.75, 3.05) is 31.1 Å². The van der Waals surface area contributed by atoms with Crippen molar-refractivity contribution < 1.29 is 4.79 Å². The molecule has 1 fully saturated rings. The highest BCUT2D eigenvalue weighted by molar-refractivity contribution is 7.12. The van der Waals surface area contributed by atoms with Crippen molar-refractivity contribution in [1.82, 2.24) is 14.9 Å². The lowest BCUT2D eigenvalue weighted by Crippen LogP contribution is -2.49. The normalized spacial score (nSPS) is 15.4. The first-order chi connectivity index (χ1) is 9.74. The maximum atomic E-state index is 12.3. The number of halogens is 1. The molecule has 1 aliphatic rings. The van der Waals surface area contributed by atoms with Gasteiger partial charge in [0.15, 0.2) is 0 Å². The van der Waals surface area contributed by atoms with E-state index in [0.29, 0.717) is 23.0 Å². The lowest BCUT2D eigenvalue weighted by atomic mass is 10.3. The van der Waals surface area contributed by atoms with E-state index in [2.05, 4.69) is 14.9 Å². The van der Waals surface area contributed by atoms with Gasteiger partial charge in [0.25, 0.3) is 5.91 Å². The Kier molecular flexibility index (Phi) is 3.84. The molecule has 1 saturated heterocycles. The third kappa shape index (κ3) is 2.76. The molecular formula is C13H13ClN4OS. The van der Waals surface area contributed by atoms with Crippen LogP contribution in [0, 0.1) is 0 Å². The van der Waals surface area contributed by atoms with Crippen LogP contribution in [0.25, 0.3) is 0 Å². The lowest BCUT2D eigenvalue weighted by molar-refractivity contribution is 0.0751. The summed E-state index contributed by atoms with van der Waals surface area (Å²) in [7, 11) is 0. The van der Waals surface area contributed by atoms with Crippen LogP contribution in [0.3, 0.4) is 0 Å². The molecule has 104 valence electrons. The van der Waals surface area contributed by atoms with Gasteiger partial charge in [0, 0.05) is 44.0 Å². The summed E-state index contributed by atoms with van der Waals surface area (Å²) in [6, 6.07) is 3.52. The average Bonchev–Trinajstić information content (AvgIpc) is 2.94. The first-order valence-corrected chi connectivity index (χ1v) is 7.55. The monoisotopic (exact) mass is 308 g/mol. The highest BCUT2D eigenvalue weighted by Gasteiger charge is 2.24. The number of aromatic nitrogens is 2. The van der Waals surface area contributed by atoms with Crippen LogP contribution in [0.1, 0.15) is 9.67 Å². The van der Waals surface area contributed by atoms with Crippen LogP contribution >= 0.6 is 22.9 Å². The molecule has 7 heteroatoms. The van der Waals surface area contributed by atoms with E-state index in [1.54, 1.807) is 29.9 Å². The predicted molar refractivity (Wildman–Crippen MR) is 79.5 cm³/mol. The Labute approximate surface area is 125 Å². The van der Waals surface area contributed by atoms with Gasteiger partial charge in [-0.2, -0.15) is 0 Å². The fourth-order valence-corrected chi connectivity index (χ4v) is 3.19. The second-order valence-corrected chi connectivity index (χ2v) is 5.80. The van der Waals surface area contributed by atoms with Crippen molar-refractivity contribution >= 4 is 34.8 Å². The van der Waals surface area contributed by atoms with Crippen LogP contribution in [0.2, 0.25) is 5.02 Å². The number of anilines is 1. The number of hydrogen-bond acceptors (Lipinski definition) is 5. The molecule has 5 nitrogen and oxygen atoms in total. The van der Waals surface area contributed by atoms with Gasteiger partial charge < -0.3 is 9.80 Å². The molecule has 2 aromatic heterocycles. The van der Waals surface area contributed by atoms with Crippen molar-refractivity contribution in [3.05, 3.63) is 39.8 Å². The molecule has 0 aromatic carbocycles. The number of thiophene rings is 1. The zero-order valence-corrected chi connectivity index (χ0v) is 12.3. The summed E-state index contributed by atoms with van der Waals surface area (Å²) in [5.41, 5.74) is 0. The SMILES string of the molecule is O=C(c1cc(Cl)cs1)N1CCN(c2ncccn2)CC1. The molecule has 20 heavy (non-hydrogen) atoms. The number of hydrogen-bond donors (Lipinski definition) is 0. The summed E-state index contributed by atoms with van der Waals surface area (Å²) in [5.74, 6) is 0.772. The molecule has 0 atom stereocenters. The average molecular weight is 309 g/mol. The summed E-state index contributed by atoms with van der Waals surface area (Å²) in [5, 5.41) is 2.40. The van der Waals surface area contributed by atoms with Crippen LogP contribution < -0.4 is 4.90 Å². The third-order valence-electron chi connectivity index (χ3n) is 3.18. The maximum absolute atomic E-state index is 12.3. The van der Waals surface area contributed by atoms with Crippen LogP contribution in [0.5, 0.6) is 0 Å². The van der Waals surface area contributed by atoms with E-state index in [0.717, 1.165) is 19.0 Å². The van der Waals surface area contributed by atoms with Gasteiger partial charge in [-0.05, 0) is 12.1 Å². The van der Waals surface area contributed by atoms with Crippen LogP contribution in [-0.4, -0.2) is 47.0 Å². The number of piperazine rings is 1. The first kappa shape index (κ1) is 13.3. The van der Waals surface area contributed by atoms with Crippen LogP contribution in [0.15, 0.2) is 29.9 Å². The van der Waals surface area contributed by atoms with Crippen molar-refractivity contribution in [2.24, 2.45) is 0 Å². The Morgan fingerprint density at radius 1 is 1.20 bits per heavy atom. The smallest absolute Gasteiger partial charge is 0.264 e. The van der Waals surface area contributed by atoms with E-state index in [1.165, 1.54) is 11.3 Å². The Bertz CT molecular complexity index is 595. The summed E-state index contributed by atoms with van der Waals surface area (Å²) in [6.07, 6.45) is 3.46. The zero-order valence-electron chi connectivity index (χ0n) is 10.7. The van der Waals surface area contributed by atoms with Gasteiger partial charge in [0.05, 0.1) is 9.90 Å². The Morgan fingerprint density at radius 3 is 2.50 bits per heavy atom. The van der Waals surface area contributed by atoms with Gasteiger partial charge in [-0.25, -0.2) is 9.97 Å². The lowest BCUT2D eigenvalue weighted by Gasteiger charge is -2.34. The van der Waals surface area contributed by atoms with E-state index in [9.17, 15) is 4.79 Å². The second kappa shape index (κ2) is 5.76. The first-order valence-electron chi connectivity index (χ1n) is 6.29. The molecule has 0 aliphatic carbocycles. The zero-order chi connectivity index (χ0) is 13.9. The number of carbonyl (C=O) groups excluding carboxylic acids is 1. The predicted octanol–water partition coefficient (Wildman–Crippen LogP) is 2.15. The molecule has 2 aromatic rings. The maximum Gasteiger partial charge on any atom is 0.264 e. The molecule has 0 saturated carbocycles. The topological polar surface area (TPSA) is 49.3 Å². The van der Waals surface area contributed by atoms with Crippen LogP contribution in [-0.2, 0) is 0 Å². The highest BCUT2D eigenvalue weighted by atomic mass is 35.5. The molecule has 3 rings (SSSR count). The van der Waals surface area contributed by atoms with Crippen LogP contribution in [0.4, 0.5) is 5.95 Å². The van der Waals surface area contributed by atoms with Gasteiger partial charge in [0.1, 0.15) is 0 Å². The second-order valence-electron chi connectivity index (χ2n) is 4.46. The van der Waals surface area contributed by atoms with Crippen molar-refractivity contribution in [3.8, 4) is 0 Å². The molecule has 0 unspecified atom stereocenters. The molecule has 3 heterocycles. The molecule has 1 aliphatic heterocycles. The summed E-state index contributed by atoms with van der Waals surface area (Å²) >= 11 is 7.25. The van der Waals surface area contributed by atoms with E-state index < -0.39 is 0 Å². The largest absolute Gasteiger partial charge is 0.337 e. The quantitative estimate of drug-likeness (QED) is 0.853. The Morgan fingerprint density at radius 2 is 1.90 bits per heavy atom. The summed E-state index contributed by atoms with van der Waals surface area (Å²) in [4.78, 5) is 25.4. The minimum absolute atomic E-state index is 0.0514. The number of amides is 1. The molecular weight excluding hydrogens is 296 g/mol. The standard InChI is InChI=1S/C13H13ClN4OS/c14-10-8-11(20-9-10)12(19)17-4-6-18(7-5-17)13-15-2-1-3-16-13/h1-3,8-9H,4-7H2. The molecule has 0 radical (unpaired) electrons. The number of carbonyl (C=O) groups is 1. The number of nitrogens with zero attached hydrogens (tertiary/aromatic N) is 4. The summed E-state index contributed by atoms with van der Waals surface area (Å²) in [6.45, 7) is 2.84. The summed E-state index contributed by atoms with van der Waals surface area (Å²) < 4.78 is 0. The van der Waals surface area contributed by atoms with Crippen molar-refractivity contribution in [2.45, 2.75) is 0 Å². The van der Waals surface area contributed by atoms with Gasteiger partial charge in [-0.1, -0.05) is 11.6 Å². The number of rotatable bonds is 2. The van der Waals surface area contributed by atoms with E-state index in [1.807, 2.05) is 4.90 Å². The fraction of sp³-hybridized carbons (Fsp3) is 0.308. The van der Waals surface area contributed by atoms with Gasteiger partial charge in [-0.3, -0.25) is 4.79 Å². The molecule has 0 spiro atoms. The van der Waals surface area contributed by atoms with E-state index >= 15 is 0 Å². The van der Waals surface area contributed by atoms with E-state index in [-0.39, 0.29) is 5.91 Å². The Hall–Kier alpha value is -1.66. The molecule has 0 N–H and O–H groups in total. The third-order valence-corrected chi connectivity index (χ3v) is 4.45. The molecule has 1 amide bonds. The Balaban J connectivity index is 1.63. The minimum Gasteiger partial charge on any atom is -0.337 e. The highest BCUT2D eigenvalue weighted by Crippen LogP contribution is 2.21. The van der Waals surface area contributed by atoms with E-state index in [4.69, 9.17) is 11.6 Å². The minimum atomic E-state index is 0.0514. The van der Waals surface area contributed by atoms with Gasteiger partial charge >= 0.3 is 0 Å². The van der Waals surface area contributed by atoms with Gasteiger partial charge in [-0.15, -0.1) is 11.3 Å². The fourth-order valence-electron chi connectivity index (χ4n) is 2.15. The molecule has 0 bridgehead atoms. The van der Waals surface area contributed by atoms with Crippen molar-refractivity contribution in [3.63, 3.8) is 0 Å². The van der Waals surface area contributed by atoms with Crippen molar-refractivity contribution in [1.29, 1.82) is 0 Å². The van der Waals surface area contributed by atoms with Gasteiger partial charge in [0.2, 0.25) is 5.95 Å².